The highest BCUT2D eigenvalue weighted by Crippen LogP contribution is 2.30. The van der Waals surface area contributed by atoms with E-state index in [1.807, 2.05) is 0 Å². The van der Waals surface area contributed by atoms with Crippen LogP contribution in [0.3, 0.4) is 0 Å². The van der Waals surface area contributed by atoms with Crippen LogP contribution in [-0.4, -0.2) is 22.2 Å². The Hall–Kier alpha value is -1.62. The quantitative estimate of drug-likeness (QED) is 0.646. The van der Waals surface area contributed by atoms with Crippen molar-refractivity contribution in [2.24, 2.45) is 0 Å². The van der Waals surface area contributed by atoms with E-state index in [1.165, 1.54) is 6.07 Å². The van der Waals surface area contributed by atoms with Crippen LogP contribution in [0.5, 0.6) is 5.75 Å². The van der Waals surface area contributed by atoms with Crippen LogP contribution in [0.15, 0.2) is 24.3 Å². The van der Waals surface area contributed by atoms with Gasteiger partial charge in [-0.3, -0.25) is 10.1 Å². The monoisotopic (exact) mass is 237 g/mol. The Morgan fingerprint density at radius 2 is 2.00 bits per heavy atom. The highest BCUT2D eigenvalue weighted by atomic mass is 16.6. The lowest BCUT2D eigenvalue weighted by Gasteiger charge is -2.27. The van der Waals surface area contributed by atoms with E-state index in [9.17, 15) is 15.2 Å². The highest BCUT2D eigenvalue weighted by molar-refractivity contribution is 5.45. The van der Waals surface area contributed by atoms with Gasteiger partial charge in [0.15, 0.2) is 5.75 Å². The number of nitrogens with zero attached hydrogens (tertiary/aromatic N) is 1. The Morgan fingerprint density at radius 3 is 2.71 bits per heavy atom. The molecule has 17 heavy (non-hydrogen) atoms. The molecule has 0 aromatic heterocycles. The van der Waals surface area contributed by atoms with E-state index in [0.29, 0.717) is 6.42 Å². The largest absolute Gasteiger partial charge is 0.481 e. The third-order valence-corrected chi connectivity index (χ3v) is 3.01. The van der Waals surface area contributed by atoms with Crippen molar-refractivity contribution in [1.29, 1.82) is 0 Å². The topological polar surface area (TPSA) is 72.6 Å². The van der Waals surface area contributed by atoms with Gasteiger partial charge >= 0.3 is 5.69 Å². The fourth-order valence-corrected chi connectivity index (χ4v) is 2.09. The average molecular weight is 237 g/mol. The van der Waals surface area contributed by atoms with E-state index in [-0.39, 0.29) is 17.5 Å². The van der Waals surface area contributed by atoms with Crippen LogP contribution in [-0.2, 0) is 0 Å². The molecule has 0 saturated heterocycles. The summed E-state index contributed by atoms with van der Waals surface area (Å²) in [6, 6.07) is 6.27. The van der Waals surface area contributed by atoms with Gasteiger partial charge in [0.2, 0.25) is 0 Å². The second kappa shape index (κ2) is 5.14. The Morgan fingerprint density at radius 1 is 1.29 bits per heavy atom. The molecular formula is C12H15NO4. The van der Waals surface area contributed by atoms with Crippen LogP contribution in [0.1, 0.15) is 25.7 Å². The van der Waals surface area contributed by atoms with Gasteiger partial charge in [0.05, 0.1) is 11.0 Å². The molecule has 0 bridgehead atoms. The van der Waals surface area contributed by atoms with Gasteiger partial charge in [-0.15, -0.1) is 0 Å². The number of nitro groups is 1. The van der Waals surface area contributed by atoms with E-state index < -0.39 is 11.0 Å². The van der Waals surface area contributed by atoms with Crippen LogP contribution in [0.4, 0.5) is 5.69 Å². The summed E-state index contributed by atoms with van der Waals surface area (Å²) in [4.78, 5) is 10.3. The molecule has 2 rings (SSSR count). The second-order valence-electron chi connectivity index (χ2n) is 4.23. The van der Waals surface area contributed by atoms with Crippen molar-refractivity contribution < 1.29 is 14.8 Å². The number of hydrogen-bond donors (Lipinski definition) is 1. The maximum Gasteiger partial charge on any atom is 0.310 e. The third-order valence-electron chi connectivity index (χ3n) is 3.01. The predicted molar refractivity (Wildman–Crippen MR) is 62.0 cm³/mol. The number of ether oxygens (including phenoxy) is 1. The number of hydrogen-bond acceptors (Lipinski definition) is 4. The molecule has 1 fully saturated rings. The summed E-state index contributed by atoms with van der Waals surface area (Å²) in [5, 5.41) is 20.6. The number of benzene rings is 1. The van der Waals surface area contributed by atoms with Crippen LogP contribution in [0.2, 0.25) is 0 Å². The van der Waals surface area contributed by atoms with E-state index in [1.54, 1.807) is 18.2 Å². The number of aliphatic hydroxyl groups excluding tert-OH is 1. The highest BCUT2D eigenvalue weighted by Gasteiger charge is 2.27. The van der Waals surface area contributed by atoms with Crippen LogP contribution < -0.4 is 4.74 Å². The molecule has 5 heteroatoms. The first-order valence-corrected chi connectivity index (χ1v) is 5.76. The lowest BCUT2D eigenvalue weighted by atomic mass is 9.95. The van der Waals surface area contributed by atoms with Crippen molar-refractivity contribution in [3.05, 3.63) is 34.4 Å². The Bertz CT molecular complexity index is 407. The molecule has 1 aliphatic rings. The summed E-state index contributed by atoms with van der Waals surface area (Å²) in [7, 11) is 0. The smallest absolute Gasteiger partial charge is 0.310 e. The molecule has 0 spiro atoms. The lowest BCUT2D eigenvalue weighted by Crippen LogP contribution is -2.34. The van der Waals surface area contributed by atoms with Crippen molar-refractivity contribution in [2.75, 3.05) is 0 Å². The Labute approximate surface area is 99.2 Å². The molecule has 1 saturated carbocycles. The van der Waals surface area contributed by atoms with Crippen molar-refractivity contribution in [1.82, 2.24) is 0 Å². The zero-order valence-electron chi connectivity index (χ0n) is 9.41. The number of rotatable bonds is 3. The summed E-state index contributed by atoms with van der Waals surface area (Å²) >= 11 is 0. The van der Waals surface area contributed by atoms with Gasteiger partial charge in [0, 0.05) is 6.07 Å². The molecule has 0 aliphatic heterocycles. The van der Waals surface area contributed by atoms with Gasteiger partial charge in [-0.05, 0) is 25.3 Å². The summed E-state index contributed by atoms with van der Waals surface area (Å²) in [6.07, 6.45) is 2.56. The van der Waals surface area contributed by atoms with Crippen molar-refractivity contribution in [3.63, 3.8) is 0 Å². The zero-order chi connectivity index (χ0) is 12.3. The molecule has 1 N–H and O–H groups in total. The van der Waals surface area contributed by atoms with Gasteiger partial charge in [-0.25, -0.2) is 0 Å². The van der Waals surface area contributed by atoms with Crippen LogP contribution >= 0.6 is 0 Å². The number of aliphatic hydroxyl groups is 1. The van der Waals surface area contributed by atoms with Crippen molar-refractivity contribution in [3.8, 4) is 5.75 Å². The molecule has 1 aliphatic carbocycles. The summed E-state index contributed by atoms with van der Waals surface area (Å²) in [6.45, 7) is 0. The third kappa shape index (κ3) is 2.74. The molecule has 5 nitrogen and oxygen atoms in total. The normalized spacial score (nSPS) is 24.3. The number of nitro benzene ring substituents is 1. The maximum absolute atomic E-state index is 10.8. The number of para-hydroxylation sites is 2. The minimum atomic E-state index is -0.524. The predicted octanol–water partition coefficient (Wildman–Crippen LogP) is 2.28. The maximum atomic E-state index is 10.8. The zero-order valence-corrected chi connectivity index (χ0v) is 9.41. The van der Waals surface area contributed by atoms with Crippen LogP contribution in [0, 0.1) is 10.1 Å². The Kier molecular flexibility index (Phi) is 3.58. The fourth-order valence-electron chi connectivity index (χ4n) is 2.09. The average Bonchev–Trinajstić information content (AvgIpc) is 2.32. The van der Waals surface area contributed by atoms with E-state index in [4.69, 9.17) is 4.74 Å². The molecule has 92 valence electrons. The van der Waals surface area contributed by atoms with E-state index >= 15 is 0 Å². The minimum Gasteiger partial charge on any atom is -0.481 e. The van der Waals surface area contributed by atoms with Crippen molar-refractivity contribution in [2.45, 2.75) is 37.9 Å². The lowest BCUT2D eigenvalue weighted by molar-refractivity contribution is -0.386. The van der Waals surface area contributed by atoms with E-state index in [0.717, 1.165) is 19.3 Å². The van der Waals surface area contributed by atoms with Gasteiger partial charge < -0.3 is 9.84 Å². The SMILES string of the molecule is O=[N+]([O-])c1ccccc1O[C@H]1CCCC[C@@H]1O. The van der Waals surface area contributed by atoms with Crippen molar-refractivity contribution >= 4 is 5.69 Å². The van der Waals surface area contributed by atoms with Gasteiger partial charge in [-0.2, -0.15) is 0 Å². The van der Waals surface area contributed by atoms with Gasteiger partial charge in [-0.1, -0.05) is 18.6 Å². The Balaban J connectivity index is 2.14. The first-order valence-electron chi connectivity index (χ1n) is 5.76. The van der Waals surface area contributed by atoms with Crippen LogP contribution in [0.25, 0.3) is 0 Å². The first kappa shape index (κ1) is 11.9. The summed E-state index contributed by atoms with van der Waals surface area (Å²) < 4.78 is 5.57. The molecule has 2 atom stereocenters. The molecule has 0 radical (unpaired) electrons. The molecule has 1 aromatic rings. The van der Waals surface area contributed by atoms with E-state index in [2.05, 4.69) is 0 Å². The molecule has 0 amide bonds. The molecule has 0 unspecified atom stereocenters. The van der Waals surface area contributed by atoms with Gasteiger partial charge in [0.1, 0.15) is 6.10 Å². The minimum absolute atomic E-state index is 0.0507. The van der Waals surface area contributed by atoms with Gasteiger partial charge in [0.25, 0.3) is 0 Å². The first-order chi connectivity index (χ1) is 8.18. The second-order valence-corrected chi connectivity index (χ2v) is 4.23. The molecule has 0 heterocycles. The summed E-state index contributed by atoms with van der Waals surface area (Å²) in [5.41, 5.74) is -0.0507. The molecule has 1 aromatic carbocycles. The standard InChI is InChI=1S/C12H15NO4/c14-10-6-2-4-8-12(10)17-11-7-3-1-5-9(11)13(15)16/h1,3,5,7,10,12,14H,2,4,6,8H2/t10-,12-/m0/s1. The molecular weight excluding hydrogens is 222 g/mol. The fraction of sp³-hybridized carbons (Fsp3) is 0.500. The summed E-state index contributed by atoms with van der Waals surface area (Å²) in [5.74, 6) is 0.239.